The minimum absolute atomic E-state index is 0.589. The molecule has 0 saturated heterocycles. The van der Waals surface area contributed by atoms with E-state index >= 15 is 0 Å². The van der Waals surface area contributed by atoms with Gasteiger partial charge in [0.1, 0.15) is 0 Å². The van der Waals surface area contributed by atoms with Crippen LogP contribution in [0, 0.1) is 0 Å². The topological polar surface area (TPSA) is 26.0 Å². The van der Waals surface area contributed by atoms with Gasteiger partial charge in [0.25, 0.3) is 0 Å². The largest absolute Gasteiger partial charge is 0.326 e. The molecule has 2 aromatic carbocycles. The standard InChI is InChI=1S/C14H15NS2/c1-16-13-8-5-9-14(12(13)10-15)17-11-6-3-2-4-7-11/h2-9H,10,15H2,1H3. The van der Waals surface area contributed by atoms with Crippen molar-refractivity contribution < 1.29 is 0 Å². The number of rotatable bonds is 4. The summed E-state index contributed by atoms with van der Waals surface area (Å²) in [5, 5.41) is 0. The van der Waals surface area contributed by atoms with Crippen molar-refractivity contribution in [2.24, 2.45) is 5.73 Å². The first-order chi connectivity index (χ1) is 8.35. The highest BCUT2D eigenvalue weighted by Crippen LogP contribution is 2.34. The molecular weight excluding hydrogens is 246 g/mol. The fourth-order valence-electron chi connectivity index (χ4n) is 1.65. The van der Waals surface area contributed by atoms with Gasteiger partial charge in [-0.3, -0.25) is 0 Å². The van der Waals surface area contributed by atoms with Crippen molar-refractivity contribution in [3.05, 3.63) is 54.1 Å². The van der Waals surface area contributed by atoms with E-state index in [4.69, 9.17) is 5.73 Å². The van der Waals surface area contributed by atoms with Crippen LogP contribution < -0.4 is 5.73 Å². The summed E-state index contributed by atoms with van der Waals surface area (Å²) in [5.41, 5.74) is 7.10. The molecule has 0 aliphatic carbocycles. The van der Waals surface area contributed by atoms with Crippen molar-refractivity contribution in [1.82, 2.24) is 0 Å². The van der Waals surface area contributed by atoms with Crippen LogP contribution in [0.1, 0.15) is 5.56 Å². The SMILES string of the molecule is CSc1cccc(Sc2ccccc2)c1CN. The van der Waals surface area contributed by atoms with Gasteiger partial charge in [-0.1, -0.05) is 36.0 Å². The average Bonchev–Trinajstić information content (AvgIpc) is 2.39. The third-order valence-corrected chi connectivity index (χ3v) is 4.42. The Balaban J connectivity index is 2.33. The molecule has 0 spiro atoms. The maximum Gasteiger partial charge on any atom is 0.0200 e. The molecule has 3 heteroatoms. The molecule has 2 N–H and O–H groups in total. The van der Waals surface area contributed by atoms with E-state index in [1.165, 1.54) is 20.2 Å². The van der Waals surface area contributed by atoms with Gasteiger partial charge in [-0.15, -0.1) is 11.8 Å². The maximum atomic E-state index is 5.85. The Bertz CT molecular complexity index is 483. The highest BCUT2D eigenvalue weighted by atomic mass is 32.2. The highest BCUT2D eigenvalue weighted by molar-refractivity contribution is 8.00. The first-order valence-corrected chi connectivity index (χ1v) is 7.48. The van der Waals surface area contributed by atoms with Gasteiger partial charge in [0.2, 0.25) is 0 Å². The number of hydrogen-bond acceptors (Lipinski definition) is 3. The molecule has 2 rings (SSSR count). The van der Waals surface area contributed by atoms with Crippen molar-refractivity contribution in [1.29, 1.82) is 0 Å². The Morgan fingerprint density at radius 3 is 2.29 bits per heavy atom. The second-order valence-electron chi connectivity index (χ2n) is 3.56. The molecule has 0 aromatic heterocycles. The summed E-state index contributed by atoms with van der Waals surface area (Å²) < 4.78 is 0. The summed E-state index contributed by atoms with van der Waals surface area (Å²) in [4.78, 5) is 3.78. The van der Waals surface area contributed by atoms with Crippen LogP contribution in [0.5, 0.6) is 0 Å². The fourth-order valence-corrected chi connectivity index (χ4v) is 3.38. The lowest BCUT2D eigenvalue weighted by Crippen LogP contribution is -2.00. The van der Waals surface area contributed by atoms with E-state index in [-0.39, 0.29) is 0 Å². The summed E-state index contributed by atoms with van der Waals surface area (Å²) in [6.45, 7) is 0.589. The normalized spacial score (nSPS) is 10.5. The smallest absolute Gasteiger partial charge is 0.0200 e. The van der Waals surface area contributed by atoms with Gasteiger partial charge in [0, 0.05) is 21.2 Å². The first kappa shape index (κ1) is 12.6. The molecular formula is C14H15NS2. The molecule has 0 aliphatic heterocycles. The molecule has 1 nitrogen and oxygen atoms in total. The van der Waals surface area contributed by atoms with Gasteiger partial charge in [-0.2, -0.15) is 0 Å². The van der Waals surface area contributed by atoms with Gasteiger partial charge in [-0.25, -0.2) is 0 Å². The Morgan fingerprint density at radius 2 is 1.65 bits per heavy atom. The maximum absolute atomic E-state index is 5.85. The third kappa shape index (κ3) is 3.06. The zero-order valence-electron chi connectivity index (χ0n) is 9.72. The second-order valence-corrected chi connectivity index (χ2v) is 5.52. The molecule has 0 heterocycles. The predicted octanol–water partition coefficient (Wildman–Crippen LogP) is 4.02. The Labute approximate surface area is 111 Å². The van der Waals surface area contributed by atoms with Crippen molar-refractivity contribution in [2.45, 2.75) is 21.2 Å². The molecule has 0 saturated carbocycles. The van der Waals surface area contributed by atoms with E-state index in [0.29, 0.717) is 6.54 Å². The number of thioether (sulfide) groups is 1. The van der Waals surface area contributed by atoms with Gasteiger partial charge in [0.05, 0.1) is 0 Å². The van der Waals surface area contributed by atoms with Crippen molar-refractivity contribution >= 4 is 23.5 Å². The van der Waals surface area contributed by atoms with Crippen molar-refractivity contribution in [3.63, 3.8) is 0 Å². The van der Waals surface area contributed by atoms with Crippen molar-refractivity contribution in [2.75, 3.05) is 6.26 Å². The monoisotopic (exact) mass is 261 g/mol. The van der Waals surface area contributed by atoms with Gasteiger partial charge in [-0.05, 0) is 36.1 Å². The minimum atomic E-state index is 0.589. The zero-order chi connectivity index (χ0) is 12.1. The van der Waals surface area contributed by atoms with Crippen LogP contribution in [0.4, 0.5) is 0 Å². The molecule has 0 amide bonds. The quantitative estimate of drug-likeness (QED) is 0.842. The van der Waals surface area contributed by atoms with E-state index in [1.54, 1.807) is 23.5 Å². The minimum Gasteiger partial charge on any atom is -0.326 e. The Morgan fingerprint density at radius 1 is 0.941 bits per heavy atom. The predicted molar refractivity (Wildman–Crippen MR) is 76.7 cm³/mol. The van der Waals surface area contributed by atoms with E-state index in [2.05, 4.69) is 48.7 Å². The molecule has 0 atom stereocenters. The number of nitrogens with two attached hydrogens (primary N) is 1. The van der Waals surface area contributed by atoms with Crippen LogP contribution in [0.2, 0.25) is 0 Å². The summed E-state index contributed by atoms with van der Waals surface area (Å²) in [6.07, 6.45) is 2.09. The Hall–Kier alpha value is -0.900. The zero-order valence-corrected chi connectivity index (χ0v) is 11.4. The van der Waals surface area contributed by atoms with Crippen molar-refractivity contribution in [3.8, 4) is 0 Å². The summed E-state index contributed by atoms with van der Waals surface area (Å²) >= 11 is 3.53. The fraction of sp³-hybridized carbons (Fsp3) is 0.143. The molecule has 17 heavy (non-hydrogen) atoms. The van der Waals surface area contributed by atoms with Crippen LogP contribution in [0.25, 0.3) is 0 Å². The second kappa shape index (κ2) is 6.15. The molecule has 2 aromatic rings. The summed E-state index contributed by atoms with van der Waals surface area (Å²) in [7, 11) is 0. The molecule has 0 unspecified atom stereocenters. The average molecular weight is 261 g/mol. The number of hydrogen-bond donors (Lipinski definition) is 1. The van der Waals surface area contributed by atoms with Gasteiger partial charge < -0.3 is 5.73 Å². The van der Waals surface area contributed by atoms with E-state index in [9.17, 15) is 0 Å². The van der Waals surface area contributed by atoms with Crippen LogP contribution in [0.15, 0.2) is 63.2 Å². The summed E-state index contributed by atoms with van der Waals surface area (Å²) in [5.74, 6) is 0. The molecule has 0 aliphatic rings. The number of benzene rings is 2. The van der Waals surface area contributed by atoms with Gasteiger partial charge in [0.15, 0.2) is 0 Å². The lowest BCUT2D eigenvalue weighted by atomic mass is 10.2. The van der Waals surface area contributed by atoms with E-state index in [1.807, 2.05) is 6.07 Å². The summed E-state index contributed by atoms with van der Waals surface area (Å²) in [6, 6.07) is 16.8. The molecule has 0 fully saturated rings. The van der Waals surface area contributed by atoms with Crippen LogP contribution in [0.3, 0.4) is 0 Å². The first-order valence-electron chi connectivity index (χ1n) is 5.44. The third-order valence-electron chi connectivity index (χ3n) is 2.49. The van der Waals surface area contributed by atoms with Crippen LogP contribution in [-0.2, 0) is 6.54 Å². The van der Waals surface area contributed by atoms with Crippen LogP contribution in [-0.4, -0.2) is 6.26 Å². The lowest BCUT2D eigenvalue weighted by Gasteiger charge is -2.11. The van der Waals surface area contributed by atoms with Crippen LogP contribution >= 0.6 is 23.5 Å². The van der Waals surface area contributed by atoms with Gasteiger partial charge >= 0.3 is 0 Å². The Kier molecular flexibility index (Phi) is 4.54. The molecule has 88 valence electrons. The highest BCUT2D eigenvalue weighted by Gasteiger charge is 2.07. The van der Waals surface area contributed by atoms with E-state index in [0.717, 1.165) is 0 Å². The molecule has 0 radical (unpaired) electrons. The molecule has 0 bridgehead atoms. The van der Waals surface area contributed by atoms with E-state index < -0.39 is 0 Å². The lowest BCUT2D eigenvalue weighted by molar-refractivity contribution is 0.981.